The summed E-state index contributed by atoms with van der Waals surface area (Å²) in [6.07, 6.45) is 1.42. The standard InChI is InChI=1S/C36H42N2O5Si/c1-27-9-17-33(18-10-27)43-35(36(39)41-24-25-44(3,4)5)26-29-11-19-32(20-12-29)40-22-23-42-38-28(2)30-13-15-31(16-14-30)34-8-6-7-21-37-34/h6-21,35,38H,2,22-26H2,1,3-5H3. The van der Waals surface area contributed by atoms with Gasteiger partial charge in [0.2, 0.25) is 0 Å². The van der Waals surface area contributed by atoms with Crippen molar-refractivity contribution in [1.29, 1.82) is 0 Å². The number of nitrogens with zero attached hydrogens (tertiary/aromatic N) is 1. The van der Waals surface area contributed by atoms with Crippen molar-refractivity contribution in [3.63, 3.8) is 0 Å². The molecule has 0 saturated heterocycles. The predicted molar refractivity (Wildman–Crippen MR) is 178 cm³/mol. The summed E-state index contributed by atoms with van der Waals surface area (Å²) in [6.45, 7) is 13.9. The van der Waals surface area contributed by atoms with Crippen molar-refractivity contribution in [3.05, 3.63) is 120 Å². The molecule has 1 atom stereocenters. The highest BCUT2D eigenvalue weighted by molar-refractivity contribution is 6.76. The second kappa shape index (κ2) is 15.9. The molecule has 3 aromatic carbocycles. The Morgan fingerprint density at radius 1 is 0.864 bits per heavy atom. The Morgan fingerprint density at radius 2 is 1.57 bits per heavy atom. The predicted octanol–water partition coefficient (Wildman–Crippen LogP) is 7.50. The lowest BCUT2D eigenvalue weighted by Crippen LogP contribution is -2.33. The van der Waals surface area contributed by atoms with Gasteiger partial charge in [-0.05, 0) is 60.5 Å². The number of nitrogens with one attached hydrogen (secondary N) is 1. The number of aryl methyl sites for hydroxylation is 1. The van der Waals surface area contributed by atoms with Crippen LogP contribution in [0.25, 0.3) is 17.0 Å². The van der Waals surface area contributed by atoms with E-state index in [1.165, 1.54) is 0 Å². The quantitative estimate of drug-likeness (QED) is 0.0609. The fourth-order valence-corrected chi connectivity index (χ4v) is 4.93. The van der Waals surface area contributed by atoms with Gasteiger partial charge in [-0.3, -0.25) is 15.3 Å². The van der Waals surface area contributed by atoms with Gasteiger partial charge in [-0.15, -0.1) is 0 Å². The first-order valence-electron chi connectivity index (χ1n) is 14.9. The summed E-state index contributed by atoms with van der Waals surface area (Å²) in [6, 6.07) is 30.0. The summed E-state index contributed by atoms with van der Waals surface area (Å²) in [4.78, 5) is 22.9. The van der Waals surface area contributed by atoms with Crippen molar-refractivity contribution < 1.29 is 23.8 Å². The van der Waals surface area contributed by atoms with Crippen LogP contribution in [-0.4, -0.2) is 45.0 Å². The van der Waals surface area contributed by atoms with E-state index < -0.39 is 14.2 Å². The average molecular weight is 611 g/mol. The Morgan fingerprint density at radius 3 is 2.23 bits per heavy atom. The molecular weight excluding hydrogens is 568 g/mol. The highest BCUT2D eigenvalue weighted by Crippen LogP contribution is 2.21. The molecule has 0 saturated carbocycles. The molecule has 0 fully saturated rings. The SMILES string of the molecule is C=C(NOCCOc1ccc(CC(Oc2ccc(C)cc2)C(=O)OCC[Si](C)(C)C)cc1)c1ccc(-c2ccccn2)cc1. The van der Waals surface area contributed by atoms with Crippen molar-refractivity contribution in [1.82, 2.24) is 10.5 Å². The molecule has 0 aliphatic heterocycles. The molecule has 0 spiro atoms. The lowest BCUT2D eigenvalue weighted by Gasteiger charge is -2.20. The van der Waals surface area contributed by atoms with Gasteiger partial charge in [0.25, 0.3) is 0 Å². The summed E-state index contributed by atoms with van der Waals surface area (Å²) in [5.41, 5.74) is 8.49. The summed E-state index contributed by atoms with van der Waals surface area (Å²) < 4.78 is 17.6. The Bertz CT molecular complexity index is 1470. The molecule has 230 valence electrons. The van der Waals surface area contributed by atoms with E-state index in [4.69, 9.17) is 19.0 Å². The van der Waals surface area contributed by atoms with Crippen LogP contribution >= 0.6 is 0 Å². The molecule has 4 rings (SSSR count). The molecule has 0 aliphatic carbocycles. The number of aromatic nitrogens is 1. The number of benzene rings is 3. The minimum absolute atomic E-state index is 0.322. The molecule has 7 nitrogen and oxygen atoms in total. The second-order valence-electron chi connectivity index (χ2n) is 11.8. The molecule has 0 radical (unpaired) electrons. The Hall–Kier alpha value is -4.40. The molecule has 44 heavy (non-hydrogen) atoms. The number of hydroxylamine groups is 1. The Labute approximate surface area is 261 Å². The number of pyridine rings is 1. The molecule has 8 heteroatoms. The van der Waals surface area contributed by atoms with Crippen LogP contribution in [0.4, 0.5) is 0 Å². The van der Waals surface area contributed by atoms with Gasteiger partial charge < -0.3 is 14.2 Å². The second-order valence-corrected chi connectivity index (χ2v) is 17.4. The first kappa shape index (κ1) is 32.5. The fourth-order valence-electron chi connectivity index (χ4n) is 4.21. The van der Waals surface area contributed by atoms with Crippen molar-refractivity contribution in [3.8, 4) is 22.8 Å². The molecule has 1 aromatic heterocycles. The lowest BCUT2D eigenvalue weighted by molar-refractivity contribution is -0.151. The zero-order chi connectivity index (χ0) is 31.4. The summed E-state index contributed by atoms with van der Waals surface area (Å²) >= 11 is 0. The van der Waals surface area contributed by atoms with Crippen LogP contribution in [0, 0.1) is 6.92 Å². The van der Waals surface area contributed by atoms with Crippen LogP contribution in [0.3, 0.4) is 0 Å². The number of esters is 1. The summed E-state index contributed by atoms with van der Waals surface area (Å²) in [5.74, 6) is 0.995. The maximum absolute atomic E-state index is 13.0. The number of hydrogen-bond acceptors (Lipinski definition) is 7. The number of rotatable bonds is 16. The third kappa shape index (κ3) is 10.7. The molecule has 0 aliphatic rings. The van der Waals surface area contributed by atoms with Crippen LogP contribution in [0.2, 0.25) is 25.7 Å². The Kier molecular flexibility index (Phi) is 11.7. The number of hydrogen-bond donors (Lipinski definition) is 1. The number of ether oxygens (including phenoxy) is 3. The van der Waals surface area contributed by atoms with E-state index in [0.717, 1.165) is 34.0 Å². The molecule has 1 heterocycles. The maximum Gasteiger partial charge on any atom is 0.347 e. The van der Waals surface area contributed by atoms with Gasteiger partial charge in [0.15, 0.2) is 6.10 Å². The van der Waals surface area contributed by atoms with Crippen LogP contribution in [-0.2, 0) is 20.8 Å². The van der Waals surface area contributed by atoms with Crippen LogP contribution in [0.5, 0.6) is 11.5 Å². The van der Waals surface area contributed by atoms with E-state index >= 15 is 0 Å². The smallest absolute Gasteiger partial charge is 0.347 e. The molecule has 0 bridgehead atoms. The van der Waals surface area contributed by atoms with Gasteiger partial charge in [0.1, 0.15) is 24.7 Å². The van der Waals surface area contributed by atoms with Gasteiger partial charge in [0, 0.05) is 26.3 Å². The van der Waals surface area contributed by atoms with E-state index in [0.29, 0.717) is 43.4 Å². The van der Waals surface area contributed by atoms with Gasteiger partial charge >= 0.3 is 5.97 Å². The number of carbonyl (C=O) groups excluding carboxylic acids is 1. The average Bonchev–Trinajstić information content (AvgIpc) is 3.02. The normalized spacial score (nSPS) is 11.8. The molecule has 1 N–H and O–H groups in total. The molecule has 0 amide bonds. The monoisotopic (exact) mass is 610 g/mol. The molecule has 1 unspecified atom stereocenters. The van der Waals surface area contributed by atoms with Gasteiger partial charge in [0.05, 0.1) is 18.0 Å². The fraction of sp³-hybridized carbons (Fsp3) is 0.278. The zero-order valence-electron chi connectivity index (χ0n) is 26.0. The molecular formula is C36H42N2O5Si. The minimum Gasteiger partial charge on any atom is -0.491 e. The van der Waals surface area contributed by atoms with Crippen LogP contribution in [0.15, 0.2) is 104 Å². The largest absolute Gasteiger partial charge is 0.491 e. The van der Waals surface area contributed by atoms with Crippen molar-refractivity contribution in [2.24, 2.45) is 0 Å². The minimum atomic E-state index is -1.32. The maximum atomic E-state index is 13.0. The first-order valence-corrected chi connectivity index (χ1v) is 18.6. The topological polar surface area (TPSA) is 78.9 Å². The van der Waals surface area contributed by atoms with Crippen molar-refractivity contribution in [2.45, 2.75) is 45.1 Å². The third-order valence-electron chi connectivity index (χ3n) is 6.85. The molecule has 4 aromatic rings. The van der Waals surface area contributed by atoms with E-state index in [1.54, 1.807) is 6.20 Å². The highest BCUT2D eigenvalue weighted by Gasteiger charge is 2.24. The summed E-state index contributed by atoms with van der Waals surface area (Å²) in [5, 5.41) is 0. The number of carbonyl (C=O) groups is 1. The summed E-state index contributed by atoms with van der Waals surface area (Å²) in [7, 11) is -1.32. The zero-order valence-corrected chi connectivity index (χ0v) is 27.0. The van der Waals surface area contributed by atoms with Gasteiger partial charge in [-0.25, -0.2) is 4.79 Å². The highest BCUT2D eigenvalue weighted by atomic mass is 28.3. The van der Waals surface area contributed by atoms with E-state index in [9.17, 15) is 4.79 Å². The van der Waals surface area contributed by atoms with Gasteiger partial charge in [-0.1, -0.05) is 86.4 Å². The first-order chi connectivity index (χ1) is 21.2. The van der Waals surface area contributed by atoms with E-state index in [1.807, 2.05) is 97.9 Å². The van der Waals surface area contributed by atoms with E-state index in [-0.39, 0.29) is 5.97 Å². The van der Waals surface area contributed by atoms with Crippen LogP contribution < -0.4 is 15.0 Å². The van der Waals surface area contributed by atoms with E-state index in [2.05, 4.69) is 36.7 Å². The lowest BCUT2D eigenvalue weighted by atomic mass is 10.1. The van der Waals surface area contributed by atoms with Crippen molar-refractivity contribution >= 4 is 19.7 Å². The van der Waals surface area contributed by atoms with Crippen molar-refractivity contribution in [2.75, 3.05) is 19.8 Å². The Balaban J connectivity index is 1.23. The van der Waals surface area contributed by atoms with Crippen LogP contribution in [0.1, 0.15) is 16.7 Å². The third-order valence-corrected chi connectivity index (χ3v) is 8.55. The van der Waals surface area contributed by atoms with Gasteiger partial charge in [-0.2, -0.15) is 0 Å².